The van der Waals surface area contributed by atoms with Gasteiger partial charge >= 0.3 is 0 Å². The number of hydrogen-bond acceptors (Lipinski definition) is 2. The number of halogens is 1. The van der Waals surface area contributed by atoms with Gasteiger partial charge in [0.1, 0.15) is 0 Å². The molecule has 0 aliphatic carbocycles. The van der Waals surface area contributed by atoms with Crippen molar-refractivity contribution in [2.24, 2.45) is 0 Å². The number of benzene rings is 1. The number of rotatable bonds is 5. The molecule has 0 saturated carbocycles. The first-order chi connectivity index (χ1) is 9.69. The zero-order valence-corrected chi connectivity index (χ0v) is 13.0. The van der Waals surface area contributed by atoms with E-state index in [1.165, 1.54) is 5.56 Å². The van der Waals surface area contributed by atoms with E-state index in [4.69, 9.17) is 0 Å². The first kappa shape index (κ1) is 14.7. The minimum Gasteiger partial charge on any atom is -0.322 e. The van der Waals surface area contributed by atoms with Crippen molar-refractivity contribution in [3.63, 3.8) is 0 Å². The van der Waals surface area contributed by atoms with Gasteiger partial charge in [-0.05, 0) is 49.6 Å². The number of aromatic nitrogens is 1. The maximum atomic E-state index is 12.1. The third kappa shape index (κ3) is 4.17. The quantitative estimate of drug-likeness (QED) is 0.841. The van der Waals surface area contributed by atoms with Gasteiger partial charge in [0.05, 0.1) is 0 Å². The fourth-order valence-corrected chi connectivity index (χ4v) is 2.25. The van der Waals surface area contributed by atoms with Crippen molar-refractivity contribution >= 4 is 27.5 Å². The Bertz CT molecular complexity index is 599. The molecule has 4 heteroatoms. The number of hydrogen-bond donors (Lipinski definition) is 1. The standard InChI is InChI=1S/C16H17BrN2O/c1-12-10-14(7-9-18-12)16(20)19-15-6-2-4-13(11-15)5-3-8-17/h2,4,6-7,9-11H,3,5,8H2,1H3,(H,19,20). The van der Waals surface area contributed by atoms with Crippen molar-refractivity contribution < 1.29 is 4.79 Å². The Morgan fingerprint density at radius 1 is 1.30 bits per heavy atom. The number of carbonyl (C=O) groups is 1. The summed E-state index contributed by atoms with van der Waals surface area (Å²) >= 11 is 3.43. The Hall–Kier alpha value is -1.68. The van der Waals surface area contributed by atoms with E-state index in [-0.39, 0.29) is 5.91 Å². The van der Waals surface area contributed by atoms with Crippen LogP contribution in [0, 0.1) is 6.92 Å². The number of anilines is 1. The molecule has 1 heterocycles. The van der Waals surface area contributed by atoms with Crippen LogP contribution in [-0.4, -0.2) is 16.2 Å². The van der Waals surface area contributed by atoms with Gasteiger partial charge in [-0.25, -0.2) is 0 Å². The molecule has 20 heavy (non-hydrogen) atoms. The first-order valence-electron chi connectivity index (χ1n) is 6.58. The van der Waals surface area contributed by atoms with E-state index in [1.807, 2.05) is 25.1 Å². The normalized spacial score (nSPS) is 10.3. The average Bonchev–Trinajstić information content (AvgIpc) is 2.45. The highest BCUT2D eigenvalue weighted by atomic mass is 79.9. The van der Waals surface area contributed by atoms with E-state index in [0.717, 1.165) is 29.6 Å². The molecule has 2 aromatic rings. The van der Waals surface area contributed by atoms with Crippen molar-refractivity contribution in [1.29, 1.82) is 0 Å². The summed E-state index contributed by atoms with van der Waals surface area (Å²) in [7, 11) is 0. The molecule has 0 saturated heterocycles. The van der Waals surface area contributed by atoms with E-state index < -0.39 is 0 Å². The molecule has 0 aliphatic rings. The minimum absolute atomic E-state index is 0.104. The maximum absolute atomic E-state index is 12.1. The Morgan fingerprint density at radius 2 is 2.15 bits per heavy atom. The second-order valence-corrected chi connectivity index (χ2v) is 5.43. The summed E-state index contributed by atoms with van der Waals surface area (Å²) in [5, 5.41) is 3.91. The van der Waals surface area contributed by atoms with E-state index in [9.17, 15) is 4.79 Å². The molecule has 1 aromatic heterocycles. The van der Waals surface area contributed by atoms with E-state index in [2.05, 4.69) is 32.3 Å². The highest BCUT2D eigenvalue weighted by molar-refractivity contribution is 9.09. The molecule has 0 aliphatic heterocycles. The Labute approximate surface area is 127 Å². The van der Waals surface area contributed by atoms with Crippen LogP contribution in [0.4, 0.5) is 5.69 Å². The number of nitrogens with one attached hydrogen (secondary N) is 1. The van der Waals surface area contributed by atoms with Gasteiger partial charge in [0.15, 0.2) is 0 Å². The maximum Gasteiger partial charge on any atom is 0.255 e. The topological polar surface area (TPSA) is 42.0 Å². The van der Waals surface area contributed by atoms with Crippen LogP contribution in [0.25, 0.3) is 0 Å². The number of nitrogens with zero attached hydrogens (tertiary/aromatic N) is 1. The molecule has 104 valence electrons. The summed E-state index contributed by atoms with van der Waals surface area (Å²) in [6.07, 6.45) is 3.74. The van der Waals surface area contributed by atoms with Crippen LogP contribution in [-0.2, 0) is 6.42 Å². The smallest absolute Gasteiger partial charge is 0.255 e. The highest BCUT2D eigenvalue weighted by Crippen LogP contribution is 2.14. The van der Waals surface area contributed by atoms with Gasteiger partial charge in [-0.15, -0.1) is 0 Å². The predicted octanol–water partition coefficient (Wildman–Crippen LogP) is 3.97. The summed E-state index contributed by atoms with van der Waals surface area (Å²) in [6, 6.07) is 11.5. The van der Waals surface area contributed by atoms with Gasteiger partial charge in [0.25, 0.3) is 5.91 Å². The molecular weight excluding hydrogens is 316 g/mol. The highest BCUT2D eigenvalue weighted by Gasteiger charge is 2.06. The van der Waals surface area contributed by atoms with Crippen LogP contribution < -0.4 is 5.32 Å². The summed E-state index contributed by atoms with van der Waals surface area (Å²) in [6.45, 7) is 1.87. The molecule has 1 aromatic carbocycles. The summed E-state index contributed by atoms with van der Waals surface area (Å²) in [5.41, 5.74) is 3.52. The SMILES string of the molecule is Cc1cc(C(=O)Nc2cccc(CCCBr)c2)ccn1. The molecule has 0 spiro atoms. The van der Waals surface area contributed by atoms with E-state index in [1.54, 1.807) is 18.3 Å². The van der Waals surface area contributed by atoms with Crippen LogP contribution in [0.5, 0.6) is 0 Å². The molecule has 0 fully saturated rings. The van der Waals surface area contributed by atoms with Gasteiger partial charge < -0.3 is 5.32 Å². The first-order valence-corrected chi connectivity index (χ1v) is 7.70. The molecule has 0 bridgehead atoms. The Kier molecular flexibility index (Phi) is 5.30. The Morgan fingerprint density at radius 3 is 2.90 bits per heavy atom. The van der Waals surface area contributed by atoms with Crippen molar-refractivity contribution in [1.82, 2.24) is 4.98 Å². The van der Waals surface area contributed by atoms with Crippen molar-refractivity contribution in [2.75, 3.05) is 10.6 Å². The zero-order chi connectivity index (χ0) is 14.4. The van der Waals surface area contributed by atoms with E-state index in [0.29, 0.717) is 5.56 Å². The Balaban J connectivity index is 2.07. The summed E-state index contributed by atoms with van der Waals surface area (Å²) in [5.74, 6) is -0.104. The number of alkyl halides is 1. The summed E-state index contributed by atoms with van der Waals surface area (Å²) in [4.78, 5) is 16.2. The lowest BCUT2D eigenvalue weighted by Gasteiger charge is -2.07. The minimum atomic E-state index is -0.104. The zero-order valence-electron chi connectivity index (χ0n) is 11.4. The van der Waals surface area contributed by atoms with Gasteiger partial charge in [0.2, 0.25) is 0 Å². The monoisotopic (exact) mass is 332 g/mol. The molecular formula is C16H17BrN2O. The van der Waals surface area contributed by atoms with Crippen molar-refractivity contribution in [3.8, 4) is 0 Å². The lowest BCUT2D eigenvalue weighted by atomic mass is 10.1. The van der Waals surface area contributed by atoms with Gasteiger partial charge in [0, 0.05) is 28.5 Å². The van der Waals surface area contributed by atoms with Crippen molar-refractivity contribution in [3.05, 3.63) is 59.4 Å². The molecule has 2 rings (SSSR count). The second-order valence-electron chi connectivity index (χ2n) is 4.63. The number of amides is 1. The van der Waals surface area contributed by atoms with Gasteiger partial charge in [-0.2, -0.15) is 0 Å². The fourth-order valence-electron chi connectivity index (χ4n) is 1.97. The molecule has 0 atom stereocenters. The van der Waals surface area contributed by atoms with Crippen LogP contribution in [0.2, 0.25) is 0 Å². The number of pyridine rings is 1. The van der Waals surface area contributed by atoms with Crippen LogP contribution >= 0.6 is 15.9 Å². The average molecular weight is 333 g/mol. The van der Waals surface area contributed by atoms with E-state index >= 15 is 0 Å². The third-order valence-electron chi connectivity index (χ3n) is 2.94. The lowest BCUT2D eigenvalue weighted by molar-refractivity contribution is 0.102. The van der Waals surface area contributed by atoms with Gasteiger partial charge in [-0.1, -0.05) is 28.1 Å². The fraction of sp³-hybridized carbons (Fsp3) is 0.250. The van der Waals surface area contributed by atoms with Crippen molar-refractivity contribution in [2.45, 2.75) is 19.8 Å². The van der Waals surface area contributed by atoms with Crippen LogP contribution in [0.1, 0.15) is 28.0 Å². The second kappa shape index (κ2) is 7.20. The van der Waals surface area contributed by atoms with Crippen LogP contribution in [0.3, 0.4) is 0 Å². The molecule has 1 N–H and O–H groups in total. The molecule has 0 unspecified atom stereocenters. The third-order valence-corrected chi connectivity index (χ3v) is 3.50. The number of aryl methyl sites for hydroxylation is 2. The summed E-state index contributed by atoms with van der Waals surface area (Å²) < 4.78 is 0. The predicted molar refractivity (Wildman–Crippen MR) is 85.5 cm³/mol. The largest absolute Gasteiger partial charge is 0.322 e. The molecule has 1 amide bonds. The van der Waals surface area contributed by atoms with Crippen LogP contribution in [0.15, 0.2) is 42.6 Å². The lowest BCUT2D eigenvalue weighted by Crippen LogP contribution is -2.12. The number of carbonyl (C=O) groups excluding carboxylic acids is 1. The molecule has 3 nitrogen and oxygen atoms in total. The van der Waals surface area contributed by atoms with Gasteiger partial charge in [-0.3, -0.25) is 9.78 Å². The molecule has 0 radical (unpaired) electrons.